The van der Waals surface area contributed by atoms with Crippen molar-refractivity contribution >= 4 is 9.84 Å². The Kier molecular flexibility index (Phi) is 6.28. The van der Waals surface area contributed by atoms with Gasteiger partial charge in [-0.25, -0.2) is 8.42 Å². The summed E-state index contributed by atoms with van der Waals surface area (Å²) < 4.78 is 27.5. The van der Waals surface area contributed by atoms with Crippen LogP contribution in [0.5, 0.6) is 0 Å². The van der Waals surface area contributed by atoms with Crippen LogP contribution in [0.2, 0.25) is 0 Å². The highest BCUT2D eigenvalue weighted by atomic mass is 32.2. The Labute approximate surface area is 80.4 Å². The highest BCUT2D eigenvalue weighted by Crippen LogP contribution is 2.01. The van der Waals surface area contributed by atoms with Gasteiger partial charge in [0.05, 0.1) is 11.5 Å². The van der Waals surface area contributed by atoms with Crippen LogP contribution >= 0.6 is 0 Å². The van der Waals surface area contributed by atoms with Gasteiger partial charge in [0.2, 0.25) is 0 Å². The Hall–Kier alpha value is -0.130. The molecule has 1 unspecified atom stereocenters. The summed E-state index contributed by atoms with van der Waals surface area (Å²) in [5, 5.41) is 0. The van der Waals surface area contributed by atoms with E-state index in [0.717, 1.165) is 0 Å². The topological polar surface area (TPSA) is 69.4 Å². The van der Waals surface area contributed by atoms with E-state index in [2.05, 4.69) is 0 Å². The SMILES string of the molecule is COCCCS(=O)(=O)CC(C)CN. The first-order valence-electron chi connectivity index (χ1n) is 4.41. The second-order valence-corrected chi connectivity index (χ2v) is 5.53. The molecule has 2 N–H and O–H groups in total. The summed E-state index contributed by atoms with van der Waals surface area (Å²) in [7, 11) is -1.36. The molecule has 0 heterocycles. The van der Waals surface area contributed by atoms with Gasteiger partial charge in [-0.05, 0) is 18.9 Å². The molecular weight excluding hydrogens is 190 g/mol. The van der Waals surface area contributed by atoms with Gasteiger partial charge >= 0.3 is 0 Å². The summed E-state index contributed by atoms with van der Waals surface area (Å²) in [4.78, 5) is 0. The third-order valence-corrected chi connectivity index (χ3v) is 3.73. The molecule has 0 spiro atoms. The number of hydrogen-bond donors (Lipinski definition) is 1. The number of rotatable bonds is 7. The summed E-state index contributed by atoms with van der Waals surface area (Å²) in [5.41, 5.74) is 5.34. The molecule has 0 fully saturated rings. The third-order valence-electron chi connectivity index (χ3n) is 1.74. The van der Waals surface area contributed by atoms with Gasteiger partial charge in [-0.3, -0.25) is 0 Å². The average Bonchev–Trinajstić information content (AvgIpc) is 2.03. The van der Waals surface area contributed by atoms with Gasteiger partial charge in [0.1, 0.15) is 0 Å². The molecule has 0 rings (SSSR count). The van der Waals surface area contributed by atoms with Crippen molar-refractivity contribution in [3.8, 4) is 0 Å². The van der Waals surface area contributed by atoms with Crippen LogP contribution in [-0.2, 0) is 14.6 Å². The van der Waals surface area contributed by atoms with Crippen molar-refractivity contribution in [2.24, 2.45) is 11.7 Å². The van der Waals surface area contributed by atoms with E-state index in [0.29, 0.717) is 19.6 Å². The molecule has 0 saturated carbocycles. The molecule has 0 radical (unpaired) electrons. The van der Waals surface area contributed by atoms with E-state index in [4.69, 9.17) is 10.5 Å². The monoisotopic (exact) mass is 209 g/mol. The number of nitrogens with two attached hydrogens (primary N) is 1. The Morgan fingerprint density at radius 3 is 2.54 bits per heavy atom. The molecule has 80 valence electrons. The molecule has 0 bridgehead atoms. The summed E-state index contributed by atoms with van der Waals surface area (Å²) in [6, 6.07) is 0. The van der Waals surface area contributed by atoms with Crippen LogP contribution < -0.4 is 5.73 Å². The Balaban J connectivity index is 3.81. The molecule has 0 aromatic rings. The predicted octanol–water partition coefficient (Wildman–Crippen LogP) is 0.0325. The Bertz CT molecular complexity index is 213. The highest BCUT2D eigenvalue weighted by Gasteiger charge is 2.14. The van der Waals surface area contributed by atoms with Crippen molar-refractivity contribution in [2.75, 3.05) is 31.8 Å². The molecule has 0 saturated heterocycles. The van der Waals surface area contributed by atoms with Gasteiger partial charge in [-0.15, -0.1) is 0 Å². The van der Waals surface area contributed by atoms with Crippen molar-refractivity contribution in [1.82, 2.24) is 0 Å². The first-order chi connectivity index (χ1) is 6.02. The quantitative estimate of drug-likeness (QED) is 0.601. The zero-order valence-electron chi connectivity index (χ0n) is 8.32. The summed E-state index contributed by atoms with van der Waals surface area (Å²) in [5.74, 6) is 0.436. The average molecular weight is 209 g/mol. The molecule has 0 aromatic carbocycles. The minimum Gasteiger partial charge on any atom is -0.385 e. The zero-order valence-corrected chi connectivity index (χ0v) is 9.14. The van der Waals surface area contributed by atoms with E-state index >= 15 is 0 Å². The lowest BCUT2D eigenvalue weighted by molar-refractivity contribution is 0.199. The number of methoxy groups -OCH3 is 1. The van der Waals surface area contributed by atoms with Gasteiger partial charge < -0.3 is 10.5 Å². The zero-order chi connectivity index (χ0) is 10.3. The van der Waals surface area contributed by atoms with E-state index in [1.165, 1.54) is 0 Å². The highest BCUT2D eigenvalue weighted by molar-refractivity contribution is 7.91. The van der Waals surface area contributed by atoms with Crippen molar-refractivity contribution in [3.05, 3.63) is 0 Å². The molecule has 13 heavy (non-hydrogen) atoms. The fourth-order valence-electron chi connectivity index (χ4n) is 1.01. The second-order valence-electron chi connectivity index (χ2n) is 3.30. The summed E-state index contributed by atoms with van der Waals surface area (Å²) >= 11 is 0. The molecule has 0 aliphatic carbocycles. The number of ether oxygens (including phenoxy) is 1. The maximum absolute atomic E-state index is 11.4. The van der Waals surface area contributed by atoms with E-state index in [1.807, 2.05) is 6.92 Å². The van der Waals surface area contributed by atoms with E-state index < -0.39 is 9.84 Å². The summed E-state index contributed by atoms with van der Waals surface area (Å²) in [6.45, 7) is 2.76. The normalized spacial score (nSPS) is 14.4. The minimum absolute atomic E-state index is 0.0487. The fraction of sp³-hybridized carbons (Fsp3) is 1.00. The smallest absolute Gasteiger partial charge is 0.150 e. The van der Waals surface area contributed by atoms with Crippen molar-refractivity contribution in [3.63, 3.8) is 0 Å². The molecule has 5 heteroatoms. The lowest BCUT2D eigenvalue weighted by atomic mass is 10.2. The van der Waals surface area contributed by atoms with Crippen LogP contribution in [0, 0.1) is 5.92 Å². The van der Waals surface area contributed by atoms with E-state index in [-0.39, 0.29) is 17.4 Å². The first-order valence-corrected chi connectivity index (χ1v) is 6.23. The van der Waals surface area contributed by atoms with Gasteiger partial charge in [-0.2, -0.15) is 0 Å². The third kappa shape index (κ3) is 6.98. The van der Waals surface area contributed by atoms with Crippen LogP contribution in [0.4, 0.5) is 0 Å². The molecule has 4 nitrogen and oxygen atoms in total. The molecule has 0 aromatic heterocycles. The van der Waals surface area contributed by atoms with Gasteiger partial charge in [0, 0.05) is 13.7 Å². The lowest BCUT2D eigenvalue weighted by Gasteiger charge is -2.08. The first kappa shape index (κ1) is 12.9. The van der Waals surface area contributed by atoms with Crippen molar-refractivity contribution in [1.29, 1.82) is 0 Å². The summed E-state index contributed by atoms with van der Waals surface area (Å²) in [6.07, 6.45) is 0.566. The molecule has 1 atom stereocenters. The van der Waals surface area contributed by atoms with Crippen LogP contribution in [0.1, 0.15) is 13.3 Å². The largest absolute Gasteiger partial charge is 0.385 e. The van der Waals surface area contributed by atoms with Crippen molar-refractivity contribution in [2.45, 2.75) is 13.3 Å². The van der Waals surface area contributed by atoms with Gasteiger partial charge in [0.25, 0.3) is 0 Å². The lowest BCUT2D eigenvalue weighted by Crippen LogP contribution is -2.23. The van der Waals surface area contributed by atoms with Crippen LogP contribution in [-0.4, -0.2) is 40.2 Å². The van der Waals surface area contributed by atoms with E-state index in [1.54, 1.807) is 7.11 Å². The van der Waals surface area contributed by atoms with Crippen LogP contribution in [0.3, 0.4) is 0 Å². The van der Waals surface area contributed by atoms with Gasteiger partial charge in [-0.1, -0.05) is 6.92 Å². The van der Waals surface area contributed by atoms with Gasteiger partial charge in [0.15, 0.2) is 9.84 Å². The van der Waals surface area contributed by atoms with Crippen molar-refractivity contribution < 1.29 is 13.2 Å². The Morgan fingerprint density at radius 1 is 1.46 bits per heavy atom. The number of hydrogen-bond acceptors (Lipinski definition) is 4. The van der Waals surface area contributed by atoms with Crippen LogP contribution in [0.25, 0.3) is 0 Å². The van der Waals surface area contributed by atoms with E-state index in [9.17, 15) is 8.42 Å². The maximum Gasteiger partial charge on any atom is 0.150 e. The fourth-order valence-corrected chi connectivity index (χ4v) is 2.74. The molecule has 0 aliphatic heterocycles. The molecule has 0 aliphatic rings. The number of sulfone groups is 1. The predicted molar refractivity (Wildman–Crippen MR) is 53.4 cm³/mol. The minimum atomic E-state index is -2.93. The molecule has 0 amide bonds. The standard InChI is InChI=1S/C8H19NO3S/c1-8(6-9)7-13(10,11)5-3-4-12-2/h8H,3-7,9H2,1-2H3. The molecular formula is C8H19NO3S. The Morgan fingerprint density at radius 2 is 2.08 bits per heavy atom. The maximum atomic E-state index is 11.4. The second kappa shape index (κ2) is 6.34. The van der Waals surface area contributed by atoms with Crippen LogP contribution in [0.15, 0.2) is 0 Å².